The van der Waals surface area contributed by atoms with Crippen LogP contribution in [0.1, 0.15) is 448 Å². The minimum Gasteiger partial charge on any atom is -0.480 e. The van der Waals surface area contributed by atoms with E-state index in [1.165, 1.54) is 308 Å². The maximum Gasteiger partial charge on any atom is 0.326 e. The number of amides is 1. The number of esters is 1. The molecule has 1 amide bonds. The van der Waals surface area contributed by atoms with Gasteiger partial charge < -0.3 is 15.2 Å². The zero-order chi connectivity index (χ0) is 66.6. The highest BCUT2D eigenvalue weighted by atomic mass is 16.6. The summed E-state index contributed by atoms with van der Waals surface area (Å²) in [5.41, 5.74) is 1.91. The highest BCUT2D eigenvalue weighted by Gasteiger charge is 2.60. The molecule has 0 aromatic rings. The second kappa shape index (κ2) is 49.6. The van der Waals surface area contributed by atoms with Gasteiger partial charge in [-0.05, 0) is 149 Å². The predicted molar refractivity (Wildman–Crippen MR) is 397 cm³/mol. The van der Waals surface area contributed by atoms with Crippen molar-refractivity contribution in [1.29, 1.82) is 0 Å². The lowest BCUT2D eigenvalue weighted by Crippen LogP contribution is -2.52. The first-order valence-electron chi connectivity index (χ1n) is 42.1. The summed E-state index contributed by atoms with van der Waals surface area (Å²) in [6, 6.07) is -1.09. The molecule has 0 radical (unpaired) electrons. The Balaban J connectivity index is 1.54. The number of carbonyl (C=O) groups is 3. The number of allylic oxidation sites excluding steroid dienone is 2. The number of unbranched alkanes of at least 4 members (excludes halogenated alkanes) is 39. The first-order valence-corrected chi connectivity index (χ1v) is 42.1. The Morgan fingerprint density at radius 1 is 0.500 bits per heavy atom. The van der Waals surface area contributed by atoms with Crippen molar-refractivity contribution in [2.45, 2.75) is 459 Å². The lowest BCUT2D eigenvalue weighted by molar-refractivity contribution is -0.175. The maximum atomic E-state index is 15.1. The zero-order valence-corrected chi connectivity index (χ0v) is 63.3. The van der Waals surface area contributed by atoms with E-state index in [1.807, 2.05) is 0 Å². The molecule has 0 bridgehead atoms. The number of carboxylic acid groups (broad SMARTS) is 1. The van der Waals surface area contributed by atoms with Crippen molar-refractivity contribution < 1.29 is 24.2 Å². The molecule has 3 saturated carbocycles. The molecule has 6 heteroatoms. The van der Waals surface area contributed by atoms with Crippen LogP contribution in [0, 0.1) is 58.2 Å². The molecule has 3 fully saturated rings. The minimum atomic E-state index is -1.09. The van der Waals surface area contributed by atoms with Crippen LogP contribution in [-0.2, 0) is 19.1 Å². The molecule has 4 rings (SSSR count). The summed E-state index contributed by atoms with van der Waals surface area (Å²) in [4.78, 5) is 41.3. The molecule has 0 heterocycles. The molecule has 11 atom stereocenters. The third-order valence-corrected chi connectivity index (χ3v) is 25.5. The molecule has 0 aromatic heterocycles. The number of fused-ring (bicyclic) bond motifs is 5. The Kier molecular flexibility index (Phi) is 44.5. The Labute approximate surface area is 573 Å². The number of aliphatic carboxylic acids is 1. The van der Waals surface area contributed by atoms with Gasteiger partial charge in [-0.25, -0.2) is 4.79 Å². The number of hydrogen-bond donors (Lipinski definition) is 2. The topological polar surface area (TPSA) is 92.7 Å². The average Bonchev–Trinajstić information content (AvgIpc) is 1.32. The highest BCUT2D eigenvalue weighted by molar-refractivity contribution is 5.84. The van der Waals surface area contributed by atoms with E-state index >= 15 is 4.79 Å². The molecular formula is C86H159NO5. The molecular weight excluding hydrogens is 1130 g/mol. The van der Waals surface area contributed by atoms with E-state index in [0.29, 0.717) is 17.8 Å². The molecule has 0 saturated heterocycles. The normalized spacial score (nSPS) is 23.7. The van der Waals surface area contributed by atoms with Gasteiger partial charge in [0.15, 0.2) is 0 Å². The molecule has 4 aliphatic rings. The fraction of sp³-hybridized carbons (Fsp3) is 0.942. The number of hydrogen-bond acceptors (Lipinski definition) is 4. The molecule has 92 heavy (non-hydrogen) atoms. The quantitative estimate of drug-likeness (QED) is 0.0360. The number of rotatable bonds is 60. The second-order valence-corrected chi connectivity index (χ2v) is 33.3. The molecule has 0 aliphatic heterocycles. The van der Waals surface area contributed by atoms with Crippen molar-refractivity contribution in [2.75, 3.05) is 0 Å². The van der Waals surface area contributed by atoms with Gasteiger partial charge in [0.05, 0.1) is 0 Å². The average molecular weight is 1290 g/mol. The Hall–Kier alpha value is -1.85. The van der Waals surface area contributed by atoms with Crippen molar-refractivity contribution in [3.63, 3.8) is 0 Å². The second-order valence-electron chi connectivity index (χ2n) is 33.3. The van der Waals surface area contributed by atoms with Crippen LogP contribution in [0.3, 0.4) is 0 Å². The van der Waals surface area contributed by atoms with E-state index in [1.54, 1.807) is 5.57 Å². The molecule has 2 N–H and O–H groups in total. The third kappa shape index (κ3) is 30.9. The summed E-state index contributed by atoms with van der Waals surface area (Å²) >= 11 is 0. The molecule has 0 aromatic carbocycles. The summed E-state index contributed by atoms with van der Waals surface area (Å²) < 4.78 is 7.42. The largest absolute Gasteiger partial charge is 0.480 e. The first-order chi connectivity index (χ1) is 44.7. The number of carboxylic acids is 1. The van der Waals surface area contributed by atoms with Gasteiger partial charge in [-0.2, -0.15) is 0 Å². The maximum absolute atomic E-state index is 15.1. The van der Waals surface area contributed by atoms with Crippen LogP contribution in [0.25, 0.3) is 0 Å². The van der Waals surface area contributed by atoms with E-state index in [4.69, 9.17) is 4.74 Å². The van der Waals surface area contributed by atoms with E-state index in [0.717, 1.165) is 93.3 Å². The van der Waals surface area contributed by atoms with Crippen molar-refractivity contribution >= 4 is 17.8 Å². The standard InChI is InChI=1S/C86H159NO5/c1-10-14-18-22-26-29-30-31-32-33-34-35-36-37-38-39-41-44-48-52-67-86(66-51-47-25-21-17-13-4,92-82(89)63-62-80(83(90)91)87-81(88)57-50-46-43-40-27-23-19-15-11-2)77(56-49-45-42-28-24-20-16-12-3)73-64-68-84(8)74(70-73)58-59-75-78-61-60-76(72(7)55-53-54-71(5)6)85(78,9)69-65-79(75)84/h58,71-73,75-80H,10-57,59-70H2,1-9H3,(H,87,88)(H,90,91)/t72-,73?,75?,76-,77?,78?,79?,80+,84+,85-,86?/m1/s1. The van der Waals surface area contributed by atoms with Crippen molar-refractivity contribution in [1.82, 2.24) is 5.32 Å². The lowest BCUT2D eigenvalue weighted by atomic mass is 9.46. The van der Waals surface area contributed by atoms with Gasteiger partial charge in [0.25, 0.3) is 0 Å². The van der Waals surface area contributed by atoms with Gasteiger partial charge >= 0.3 is 11.9 Å². The van der Waals surface area contributed by atoms with Gasteiger partial charge in [0.2, 0.25) is 5.91 Å². The molecule has 4 aliphatic carbocycles. The van der Waals surface area contributed by atoms with E-state index in [-0.39, 0.29) is 36.1 Å². The zero-order valence-electron chi connectivity index (χ0n) is 63.3. The van der Waals surface area contributed by atoms with Crippen LogP contribution in [-0.4, -0.2) is 34.6 Å². The summed E-state index contributed by atoms with van der Waals surface area (Å²) in [7, 11) is 0. The molecule has 538 valence electrons. The summed E-state index contributed by atoms with van der Waals surface area (Å²) in [6.45, 7) is 22.1. The Bertz CT molecular complexity index is 1890. The number of carbonyl (C=O) groups excluding carboxylic acids is 2. The fourth-order valence-electron chi connectivity index (χ4n) is 19.7. The van der Waals surface area contributed by atoms with E-state index in [2.05, 4.69) is 73.7 Å². The first kappa shape index (κ1) is 82.6. The monoisotopic (exact) mass is 1290 g/mol. The summed E-state index contributed by atoms with van der Waals surface area (Å²) in [5, 5.41) is 13.4. The number of nitrogens with one attached hydrogen (secondary N) is 1. The Morgan fingerprint density at radius 3 is 1.40 bits per heavy atom. The van der Waals surface area contributed by atoms with E-state index in [9.17, 15) is 14.7 Å². The van der Waals surface area contributed by atoms with Crippen molar-refractivity contribution in [3.8, 4) is 0 Å². The van der Waals surface area contributed by atoms with Crippen LogP contribution in [0.15, 0.2) is 11.6 Å². The molecule has 0 spiro atoms. The summed E-state index contributed by atoms with van der Waals surface area (Å²) in [5.74, 6) is 4.18. The van der Waals surface area contributed by atoms with Gasteiger partial charge in [0.1, 0.15) is 11.6 Å². The van der Waals surface area contributed by atoms with Crippen LogP contribution in [0.2, 0.25) is 0 Å². The van der Waals surface area contributed by atoms with Gasteiger partial charge in [-0.15, -0.1) is 0 Å². The number of ether oxygens (including phenoxy) is 1. The summed E-state index contributed by atoms with van der Waals surface area (Å²) in [6.07, 6.45) is 76.2. The minimum absolute atomic E-state index is 0.0197. The van der Waals surface area contributed by atoms with Crippen LogP contribution in [0.4, 0.5) is 0 Å². The Morgan fingerprint density at radius 2 is 0.946 bits per heavy atom. The van der Waals surface area contributed by atoms with Crippen molar-refractivity contribution in [3.05, 3.63) is 11.6 Å². The van der Waals surface area contributed by atoms with Crippen LogP contribution in [0.5, 0.6) is 0 Å². The van der Waals surface area contributed by atoms with E-state index < -0.39 is 17.6 Å². The predicted octanol–water partition coefficient (Wildman–Crippen LogP) is 27.3. The van der Waals surface area contributed by atoms with Crippen molar-refractivity contribution in [2.24, 2.45) is 58.2 Å². The molecule has 6 nitrogen and oxygen atoms in total. The van der Waals surface area contributed by atoms with Gasteiger partial charge in [-0.3, -0.25) is 9.59 Å². The SMILES string of the molecule is CCCCCCCCCCCCCCCCCCCCCCC(CCCCCCCC)(OC(=O)CC[C@H](NC(=O)CCCCCCCCCCC)C(=O)O)C(CCCCCCCCCC)C1CC[C@@]2(C)C(=CCC3C2CC[C@@]2(C)C3CC[C@@H]2[C@H](C)CCCC(C)C)C1. The van der Waals surface area contributed by atoms with Gasteiger partial charge in [0, 0.05) is 18.8 Å². The smallest absolute Gasteiger partial charge is 0.326 e. The molecule has 6 unspecified atom stereocenters. The van der Waals surface area contributed by atoms with Crippen LogP contribution < -0.4 is 5.32 Å². The lowest BCUT2D eigenvalue weighted by Gasteiger charge is -2.59. The third-order valence-electron chi connectivity index (χ3n) is 25.5. The van der Waals surface area contributed by atoms with Gasteiger partial charge in [-0.1, -0.05) is 350 Å². The highest BCUT2D eigenvalue weighted by Crippen LogP contribution is 2.68. The fourth-order valence-corrected chi connectivity index (χ4v) is 19.7. The van der Waals surface area contributed by atoms with Crippen LogP contribution >= 0.6 is 0 Å².